The van der Waals surface area contributed by atoms with Crippen molar-refractivity contribution < 1.29 is 9.47 Å². The van der Waals surface area contributed by atoms with E-state index in [-0.39, 0.29) is 5.60 Å². The Morgan fingerprint density at radius 3 is 2.68 bits per heavy atom. The van der Waals surface area contributed by atoms with Crippen molar-refractivity contribution in [3.63, 3.8) is 0 Å². The lowest BCUT2D eigenvalue weighted by atomic mass is 10.1. The van der Waals surface area contributed by atoms with Gasteiger partial charge >= 0.3 is 0 Å². The van der Waals surface area contributed by atoms with Crippen LogP contribution < -0.4 is 5.32 Å². The third kappa shape index (κ3) is 3.54. The van der Waals surface area contributed by atoms with Gasteiger partial charge in [-0.1, -0.05) is 6.92 Å². The molecule has 108 valence electrons. The van der Waals surface area contributed by atoms with Gasteiger partial charge in [-0.3, -0.25) is 0 Å². The van der Waals surface area contributed by atoms with Gasteiger partial charge in [0.15, 0.2) is 0 Å². The Morgan fingerprint density at radius 2 is 2.16 bits per heavy atom. The van der Waals surface area contributed by atoms with Gasteiger partial charge in [0.05, 0.1) is 12.3 Å². The van der Waals surface area contributed by atoms with E-state index in [0.717, 1.165) is 23.7 Å². The summed E-state index contributed by atoms with van der Waals surface area (Å²) in [5.41, 5.74) is 0.762. The molecule has 0 amide bonds. The second-order valence-electron chi connectivity index (χ2n) is 5.27. The molecule has 5 heteroatoms. The molecule has 0 bridgehead atoms. The molecule has 0 aliphatic heterocycles. The van der Waals surface area contributed by atoms with Crippen LogP contribution in [0, 0.1) is 0 Å². The van der Waals surface area contributed by atoms with E-state index in [9.17, 15) is 0 Å². The fraction of sp³-hybridized carbons (Fsp3) is 0.786. The third-order valence-electron chi connectivity index (χ3n) is 3.77. The van der Waals surface area contributed by atoms with E-state index in [2.05, 4.69) is 19.2 Å². The lowest BCUT2D eigenvalue weighted by molar-refractivity contribution is -0.00183. The molecule has 1 aliphatic rings. The van der Waals surface area contributed by atoms with Crippen LogP contribution in [0.3, 0.4) is 0 Å². The van der Waals surface area contributed by atoms with Crippen LogP contribution in [-0.2, 0) is 28.2 Å². The summed E-state index contributed by atoms with van der Waals surface area (Å²) in [5.74, 6) is 0. The molecule has 1 N–H and O–H groups in total. The molecule has 19 heavy (non-hydrogen) atoms. The second-order valence-corrected chi connectivity index (χ2v) is 6.35. The van der Waals surface area contributed by atoms with Crippen LogP contribution in [0.1, 0.15) is 48.7 Å². The molecule has 1 aromatic rings. The number of rotatable bonds is 8. The fourth-order valence-electron chi connectivity index (χ4n) is 1.90. The largest absolute Gasteiger partial charge is 0.378 e. The van der Waals surface area contributed by atoms with Crippen LogP contribution in [0.25, 0.3) is 0 Å². The van der Waals surface area contributed by atoms with Crippen molar-refractivity contribution in [3.8, 4) is 0 Å². The third-order valence-corrected chi connectivity index (χ3v) is 5.11. The summed E-state index contributed by atoms with van der Waals surface area (Å²) >= 11 is 1.75. The number of thiazole rings is 1. The maximum atomic E-state index is 5.64. The van der Waals surface area contributed by atoms with E-state index < -0.39 is 0 Å². The van der Waals surface area contributed by atoms with Crippen molar-refractivity contribution >= 4 is 11.3 Å². The smallest absolute Gasteiger partial charge is 0.125 e. The van der Waals surface area contributed by atoms with Gasteiger partial charge in [0.1, 0.15) is 10.6 Å². The molecule has 1 saturated carbocycles. The monoisotopic (exact) mass is 284 g/mol. The van der Waals surface area contributed by atoms with Crippen LogP contribution in [0.4, 0.5) is 0 Å². The molecule has 4 nitrogen and oxygen atoms in total. The number of hydrogen-bond donors (Lipinski definition) is 1. The SMILES string of the molecule is CCC(C)(OC)c1nc(COC)c(CNC2CC2)s1. The number of methoxy groups -OCH3 is 2. The van der Waals surface area contributed by atoms with E-state index >= 15 is 0 Å². The minimum absolute atomic E-state index is 0.287. The van der Waals surface area contributed by atoms with Gasteiger partial charge in [-0.2, -0.15) is 0 Å². The lowest BCUT2D eigenvalue weighted by Crippen LogP contribution is -2.22. The zero-order valence-corrected chi connectivity index (χ0v) is 13.1. The Labute approximate surface area is 119 Å². The van der Waals surface area contributed by atoms with E-state index in [1.165, 1.54) is 17.7 Å². The Kier molecular flexibility index (Phi) is 4.95. The van der Waals surface area contributed by atoms with Crippen molar-refractivity contribution in [1.82, 2.24) is 10.3 Å². The first-order chi connectivity index (χ1) is 9.12. The molecule has 0 saturated heterocycles. The molecule has 0 spiro atoms. The van der Waals surface area contributed by atoms with Crippen molar-refractivity contribution in [3.05, 3.63) is 15.6 Å². The normalized spacial score (nSPS) is 18.5. The van der Waals surface area contributed by atoms with Gasteiger partial charge in [-0.15, -0.1) is 11.3 Å². The molecule has 0 aromatic carbocycles. The van der Waals surface area contributed by atoms with E-state index in [1.54, 1.807) is 25.6 Å². The molecule has 1 fully saturated rings. The maximum absolute atomic E-state index is 5.64. The highest BCUT2D eigenvalue weighted by molar-refractivity contribution is 7.11. The maximum Gasteiger partial charge on any atom is 0.125 e. The highest BCUT2D eigenvalue weighted by Gasteiger charge is 2.30. The average molecular weight is 284 g/mol. The Morgan fingerprint density at radius 1 is 1.42 bits per heavy atom. The number of nitrogens with one attached hydrogen (secondary N) is 1. The highest BCUT2D eigenvalue weighted by Crippen LogP contribution is 2.34. The van der Waals surface area contributed by atoms with Crippen LogP contribution in [0.2, 0.25) is 0 Å². The fourth-order valence-corrected chi connectivity index (χ4v) is 3.12. The van der Waals surface area contributed by atoms with Gasteiger partial charge < -0.3 is 14.8 Å². The Balaban J connectivity index is 2.17. The molecule has 1 atom stereocenters. The molecule has 1 aliphatic carbocycles. The predicted octanol–water partition coefficient (Wildman–Crippen LogP) is 2.81. The van der Waals surface area contributed by atoms with Gasteiger partial charge in [0, 0.05) is 31.7 Å². The van der Waals surface area contributed by atoms with Gasteiger partial charge in [0.25, 0.3) is 0 Å². The van der Waals surface area contributed by atoms with Crippen LogP contribution >= 0.6 is 11.3 Å². The number of ether oxygens (including phenoxy) is 2. The first-order valence-electron chi connectivity index (χ1n) is 6.89. The molecule has 0 radical (unpaired) electrons. The Hall–Kier alpha value is -0.490. The first-order valence-corrected chi connectivity index (χ1v) is 7.71. The van der Waals surface area contributed by atoms with E-state index in [4.69, 9.17) is 14.5 Å². The summed E-state index contributed by atoms with van der Waals surface area (Å²) in [7, 11) is 3.47. The standard InChI is InChI=1S/C14H24N2O2S/c1-5-14(2,18-4)13-16-11(9-17-3)12(19-13)8-15-10-6-7-10/h10,15H,5-9H2,1-4H3. The molecule has 1 aromatic heterocycles. The van der Waals surface area contributed by atoms with Crippen LogP contribution in [0.15, 0.2) is 0 Å². The van der Waals surface area contributed by atoms with Crippen molar-refractivity contribution in [2.75, 3.05) is 14.2 Å². The van der Waals surface area contributed by atoms with E-state index in [0.29, 0.717) is 12.6 Å². The summed E-state index contributed by atoms with van der Waals surface area (Å²) in [5, 5.41) is 4.60. The summed E-state index contributed by atoms with van der Waals surface area (Å²) in [6.07, 6.45) is 3.52. The quantitative estimate of drug-likeness (QED) is 0.797. The minimum Gasteiger partial charge on any atom is -0.378 e. The van der Waals surface area contributed by atoms with E-state index in [1.807, 2.05) is 0 Å². The predicted molar refractivity (Wildman–Crippen MR) is 77.3 cm³/mol. The number of hydrogen-bond acceptors (Lipinski definition) is 5. The Bertz CT molecular complexity index is 412. The van der Waals surface area contributed by atoms with Crippen molar-refractivity contribution in [2.45, 2.75) is 57.9 Å². The number of aromatic nitrogens is 1. The van der Waals surface area contributed by atoms with Gasteiger partial charge in [-0.25, -0.2) is 4.98 Å². The summed E-state index contributed by atoms with van der Waals surface area (Å²) in [6, 6.07) is 0.709. The van der Waals surface area contributed by atoms with Crippen LogP contribution in [-0.4, -0.2) is 25.2 Å². The molecule has 2 rings (SSSR count). The van der Waals surface area contributed by atoms with Crippen molar-refractivity contribution in [1.29, 1.82) is 0 Å². The molecular formula is C14H24N2O2S. The summed E-state index contributed by atoms with van der Waals surface area (Å²) in [4.78, 5) is 6.02. The first kappa shape index (κ1) is 14.9. The zero-order chi connectivity index (χ0) is 13.9. The topological polar surface area (TPSA) is 43.4 Å². The number of nitrogens with zero attached hydrogens (tertiary/aromatic N) is 1. The summed E-state index contributed by atoms with van der Waals surface area (Å²) < 4.78 is 10.9. The molecule has 1 unspecified atom stereocenters. The summed E-state index contributed by atoms with van der Waals surface area (Å²) in [6.45, 7) is 5.69. The van der Waals surface area contributed by atoms with Crippen molar-refractivity contribution in [2.24, 2.45) is 0 Å². The molecular weight excluding hydrogens is 260 g/mol. The second kappa shape index (κ2) is 6.31. The zero-order valence-electron chi connectivity index (χ0n) is 12.3. The molecule has 1 heterocycles. The average Bonchev–Trinajstić information content (AvgIpc) is 3.17. The lowest BCUT2D eigenvalue weighted by Gasteiger charge is -2.23. The van der Waals surface area contributed by atoms with Gasteiger partial charge in [-0.05, 0) is 26.2 Å². The minimum atomic E-state index is -0.287. The van der Waals surface area contributed by atoms with Crippen LogP contribution in [0.5, 0.6) is 0 Å². The van der Waals surface area contributed by atoms with Gasteiger partial charge in [0.2, 0.25) is 0 Å². The highest BCUT2D eigenvalue weighted by atomic mass is 32.1.